The molecule has 0 fully saturated rings. The number of ether oxygens (including phenoxy) is 1. The molecule has 0 aliphatic rings. The molecule has 0 aromatic heterocycles. The first-order valence-corrected chi connectivity index (χ1v) is 6.87. The summed E-state index contributed by atoms with van der Waals surface area (Å²) in [7, 11) is 0. The fourth-order valence-electron chi connectivity index (χ4n) is 1.54. The largest absolute Gasteiger partial charge is 0.380 e. The normalized spacial score (nSPS) is 12.0. The number of rotatable bonds is 8. The van der Waals surface area contributed by atoms with Crippen LogP contribution in [0, 0.1) is 11.3 Å². The van der Waals surface area contributed by atoms with Crippen LogP contribution in [0.3, 0.4) is 0 Å². The smallest absolute Gasteiger partial charge is 0.0622 e. The van der Waals surface area contributed by atoms with Gasteiger partial charge in [0, 0.05) is 17.9 Å². The topological polar surface area (TPSA) is 33.0 Å². The van der Waals surface area contributed by atoms with Gasteiger partial charge >= 0.3 is 0 Å². The Balaban J connectivity index is 2.00. The lowest BCUT2D eigenvalue weighted by Crippen LogP contribution is -2.09. The second-order valence-corrected chi connectivity index (χ2v) is 5.25. The Hall–Kier alpha value is -0.850. The summed E-state index contributed by atoms with van der Waals surface area (Å²) in [4.78, 5) is 0.305. The molecule has 0 aliphatic heterocycles. The van der Waals surface area contributed by atoms with E-state index in [1.807, 2.05) is 6.07 Å². The highest BCUT2D eigenvalue weighted by Crippen LogP contribution is 2.08. The average molecular weight is 296 g/mol. The predicted octanol–water partition coefficient (Wildman–Crippen LogP) is 3.70. The van der Waals surface area contributed by atoms with E-state index in [0.717, 1.165) is 25.9 Å². The van der Waals surface area contributed by atoms with Crippen LogP contribution < -0.4 is 0 Å². The van der Waals surface area contributed by atoms with Crippen molar-refractivity contribution in [1.29, 1.82) is 5.26 Å². The highest BCUT2D eigenvalue weighted by Gasteiger charge is 2.03. The quantitative estimate of drug-likeness (QED) is 0.541. The molecule has 0 amide bonds. The molecule has 0 saturated carbocycles. The van der Waals surface area contributed by atoms with Crippen molar-refractivity contribution in [2.45, 2.75) is 30.5 Å². The molecule has 3 heteroatoms. The third-order valence-electron chi connectivity index (χ3n) is 2.47. The molecule has 2 nitrogen and oxygen atoms in total. The van der Waals surface area contributed by atoms with Crippen molar-refractivity contribution in [2.75, 3.05) is 13.2 Å². The van der Waals surface area contributed by atoms with Crippen LogP contribution >= 0.6 is 15.9 Å². The van der Waals surface area contributed by atoms with Crippen LogP contribution in [0.4, 0.5) is 0 Å². The summed E-state index contributed by atoms with van der Waals surface area (Å²) < 4.78 is 5.56. The Bertz CT molecular complexity index is 334. The van der Waals surface area contributed by atoms with Gasteiger partial charge in [0.1, 0.15) is 0 Å². The van der Waals surface area contributed by atoms with Crippen molar-refractivity contribution >= 4 is 15.9 Å². The number of hydrogen-bond acceptors (Lipinski definition) is 2. The SMILES string of the molecule is N#CCCC(Br)COCCCc1ccccc1. The van der Waals surface area contributed by atoms with E-state index in [4.69, 9.17) is 10.00 Å². The van der Waals surface area contributed by atoms with Crippen molar-refractivity contribution in [2.24, 2.45) is 0 Å². The molecular weight excluding hydrogens is 278 g/mol. The van der Waals surface area contributed by atoms with Crippen LogP contribution in [0.25, 0.3) is 0 Å². The second-order valence-electron chi connectivity index (χ2n) is 3.96. The summed E-state index contributed by atoms with van der Waals surface area (Å²) in [6.07, 6.45) is 3.55. The van der Waals surface area contributed by atoms with Gasteiger partial charge in [-0.05, 0) is 24.8 Å². The summed E-state index contributed by atoms with van der Waals surface area (Å²) in [5.41, 5.74) is 1.36. The highest BCUT2D eigenvalue weighted by atomic mass is 79.9. The Morgan fingerprint density at radius 3 is 2.76 bits per heavy atom. The van der Waals surface area contributed by atoms with Crippen LogP contribution in [-0.2, 0) is 11.2 Å². The summed E-state index contributed by atoms with van der Waals surface area (Å²) in [6, 6.07) is 12.6. The monoisotopic (exact) mass is 295 g/mol. The predicted molar refractivity (Wildman–Crippen MR) is 73.1 cm³/mol. The maximum absolute atomic E-state index is 8.44. The van der Waals surface area contributed by atoms with Crippen LogP contribution in [0.15, 0.2) is 30.3 Å². The van der Waals surface area contributed by atoms with E-state index in [0.29, 0.717) is 17.9 Å². The molecule has 0 heterocycles. The van der Waals surface area contributed by atoms with E-state index in [1.54, 1.807) is 0 Å². The lowest BCUT2D eigenvalue weighted by molar-refractivity contribution is 0.133. The van der Waals surface area contributed by atoms with Gasteiger partial charge < -0.3 is 4.74 Å². The van der Waals surface area contributed by atoms with Gasteiger partial charge in [0.25, 0.3) is 0 Å². The van der Waals surface area contributed by atoms with Gasteiger partial charge in [-0.1, -0.05) is 46.3 Å². The maximum Gasteiger partial charge on any atom is 0.0622 e. The van der Waals surface area contributed by atoms with E-state index in [2.05, 4.69) is 46.3 Å². The third kappa shape index (κ3) is 7.14. The average Bonchev–Trinajstić information content (AvgIpc) is 2.37. The zero-order chi connectivity index (χ0) is 12.3. The van der Waals surface area contributed by atoms with Gasteiger partial charge in [-0.25, -0.2) is 0 Å². The van der Waals surface area contributed by atoms with Gasteiger partial charge in [0.2, 0.25) is 0 Å². The Morgan fingerprint density at radius 1 is 1.29 bits per heavy atom. The lowest BCUT2D eigenvalue weighted by atomic mass is 10.1. The summed E-state index contributed by atoms with van der Waals surface area (Å²) >= 11 is 3.50. The number of nitrogens with zero attached hydrogens (tertiary/aromatic N) is 1. The number of benzene rings is 1. The minimum absolute atomic E-state index is 0.305. The molecule has 17 heavy (non-hydrogen) atoms. The summed E-state index contributed by atoms with van der Waals surface area (Å²) in [5.74, 6) is 0. The fourth-order valence-corrected chi connectivity index (χ4v) is 1.95. The van der Waals surface area contributed by atoms with E-state index < -0.39 is 0 Å². The van der Waals surface area contributed by atoms with Gasteiger partial charge in [0.05, 0.1) is 12.7 Å². The molecule has 0 saturated heterocycles. The minimum Gasteiger partial charge on any atom is -0.380 e. The zero-order valence-electron chi connectivity index (χ0n) is 9.94. The van der Waals surface area contributed by atoms with Crippen LogP contribution in [0.5, 0.6) is 0 Å². The molecule has 1 atom stereocenters. The van der Waals surface area contributed by atoms with E-state index in [1.165, 1.54) is 5.56 Å². The molecule has 92 valence electrons. The van der Waals surface area contributed by atoms with Crippen molar-refractivity contribution < 1.29 is 4.74 Å². The zero-order valence-corrected chi connectivity index (χ0v) is 11.5. The number of hydrogen-bond donors (Lipinski definition) is 0. The molecule has 1 rings (SSSR count). The fraction of sp³-hybridized carbons (Fsp3) is 0.500. The van der Waals surface area contributed by atoms with E-state index in [9.17, 15) is 0 Å². The van der Waals surface area contributed by atoms with E-state index in [-0.39, 0.29) is 0 Å². The standard InChI is InChI=1S/C14H18BrNO/c15-14(9-4-10-16)12-17-11-5-8-13-6-2-1-3-7-13/h1-3,6-7,14H,4-5,8-9,11-12H2. The lowest BCUT2D eigenvalue weighted by Gasteiger charge is -2.08. The number of nitriles is 1. The Labute approximate surface area is 112 Å². The molecule has 1 aromatic carbocycles. The third-order valence-corrected chi connectivity index (χ3v) is 3.19. The van der Waals surface area contributed by atoms with Crippen molar-refractivity contribution in [3.63, 3.8) is 0 Å². The van der Waals surface area contributed by atoms with Gasteiger partial charge in [-0.3, -0.25) is 0 Å². The van der Waals surface area contributed by atoms with Gasteiger partial charge in [0.15, 0.2) is 0 Å². The molecule has 0 N–H and O–H groups in total. The molecule has 0 bridgehead atoms. The van der Waals surface area contributed by atoms with Crippen LogP contribution in [0.2, 0.25) is 0 Å². The number of alkyl halides is 1. The minimum atomic E-state index is 0.305. The van der Waals surface area contributed by atoms with Crippen LogP contribution in [-0.4, -0.2) is 18.0 Å². The van der Waals surface area contributed by atoms with E-state index >= 15 is 0 Å². The molecule has 0 aliphatic carbocycles. The Kier molecular flexibility index (Phi) is 7.70. The maximum atomic E-state index is 8.44. The second kappa shape index (κ2) is 9.21. The summed E-state index contributed by atoms with van der Waals surface area (Å²) in [5, 5.41) is 8.44. The van der Waals surface area contributed by atoms with Crippen molar-refractivity contribution in [1.82, 2.24) is 0 Å². The van der Waals surface area contributed by atoms with Gasteiger partial charge in [-0.15, -0.1) is 0 Å². The number of halogens is 1. The molecule has 0 radical (unpaired) electrons. The first kappa shape index (κ1) is 14.2. The highest BCUT2D eigenvalue weighted by molar-refractivity contribution is 9.09. The number of aryl methyl sites for hydroxylation is 1. The molecule has 1 aromatic rings. The van der Waals surface area contributed by atoms with Crippen molar-refractivity contribution in [3.05, 3.63) is 35.9 Å². The van der Waals surface area contributed by atoms with Crippen LogP contribution in [0.1, 0.15) is 24.8 Å². The Morgan fingerprint density at radius 2 is 2.06 bits per heavy atom. The molecule has 0 spiro atoms. The van der Waals surface area contributed by atoms with Crippen molar-refractivity contribution in [3.8, 4) is 6.07 Å². The molecule has 1 unspecified atom stereocenters. The molecular formula is C14H18BrNO. The first-order valence-electron chi connectivity index (χ1n) is 5.95. The van der Waals surface area contributed by atoms with Gasteiger partial charge in [-0.2, -0.15) is 5.26 Å². The first-order chi connectivity index (χ1) is 8.33. The summed E-state index contributed by atoms with van der Waals surface area (Å²) in [6.45, 7) is 1.47.